The number of hydrogen-bond donors (Lipinski definition) is 3. The zero-order valence-corrected chi connectivity index (χ0v) is 35.9. The molecule has 3 unspecified atom stereocenters. The molecule has 1 aliphatic rings. The molecule has 0 spiro atoms. The van der Waals surface area contributed by atoms with Gasteiger partial charge in [0.05, 0.1) is 32.0 Å². The van der Waals surface area contributed by atoms with Gasteiger partial charge in [0.2, 0.25) is 0 Å². The van der Waals surface area contributed by atoms with Crippen molar-refractivity contribution in [3.05, 3.63) is 12.2 Å². The molecular weight excluding hydrogens is 723 g/mol. The van der Waals surface area contributed by atoms with Gasteiger partial charge in [0.25, 0.3) is 0 Å². The fourth-order valence-corrected chi connectivity index (χ4v) is 7.27. The van der Waals surface area contributed by atoms with Gasteiger partial charge in [-0.3, -0.25) is 18.6 Å². The number of allylic oxidation sites excluding steroid dienone is 1. The molecule has 0 radical (unpaired) electrons. The molecule has 3 N–H and O–H groups in total. The van der Waals surface area contributed by atoms with Crippen LogP contribution in [0.1, 0.15) is 194 Å². The fourth-order valence-electron chi connectivity index (χ4n) is 6.48. The van der Waals surface area contributed by atoms with Crippen molar-refractivity contribution in [3.8, 4) is 0 Å². The smallest absolute Gasteiger partial charge is 0.462 e. The first-order chi connectivity index (χ1) is 26.6. The highest BCUT2D eigenvalue weighted by Crippen LogP contribution is 2.43. The number of rotatable bonds is 40. The highest BCUT2D eigenvalue weighted by Gasteiger charge is 2.36. The lowest BCUT2D eigenvalue weighted by atomic mass is 10.0. The summed E-state index contributed by atoms with van der Waals surface area (Å²) in [5.74, 6) is -0.128. The van der Waals surface area contributed by atoms with Gasteiger partial charge in [-0.05, 0) is 44.4 Å². The summed E-state index contributed by atoms with van der Waals surface area (Å²) in [6, 6.07) is 0. The highest BCUT2D eigenvalue weighted by molar-refractivity contribution is 7.47. The molecule has 0 aliphatic carbocycles. The van der Waals surface area contributed by atoms with Gasteiger partial charge >= 0.3 is 19.8 Å². The Morgan fingerprint density at radius 2 is 1.24 bits per heavy atom. The predicted molar refractivity (Wildman–Crippen MR) is 219 cm³/mol. The fraction of sp³-hybridized carbons (Fsp3) is 0.907. The van der Waals surface area contributed by atoms with E-state index in [-0.39, 0.29) is 19.4 Å². The molecule has 12 heteroatoms. The van der Waals surface area contributed by atoms with E-state index in [0.29, 0.717) is 25.0 Å². The average Bonchev–Trinajstić information content (AvgIpc) is 3.91. The predicted octanol–water partition coefficient (Wildman–Crippen LogP) is 10.5. The molecule has 0 aromatic rings. The number of phosphoric ester groups is 1. The van der Waals surface area contributed by atoms with Crippen LogP contribution in [-0.2, 0) is 37.4 Å². The topological polar surface area (TPSA) is 161 Å². The lowest BCUT2D eigenvalue weighted by Gasteiger charge is -2.20. The normalized spacial score (nSPS) is 17.7. The number of esters is 2. The van der Waals surface area contributed by atoms with Gasteiger partial charge in [-0.1, -0.05) is 155 Å². The molecule has 11 nitrogen and oxygen atoms in total. The van der Waals surface area contributed by atoms with E-state index in [2.05, 4.69) is 32.9 Å². The molecule has 324 valence electrons. The molecule has 5 atom stereocenters. The number of ether oxygens (including phenoxy) is 3. The van der Waals surface area contributed by atoms with E-state index in [1.54, 1.807) is 0 Å². The largest absolute Gasteiger partial charge is 0.472 e. The van der Waals surface area contributed by atoms with Crippen LogP contribution in [0.3, 0.4) is 0 Å². The summed E-state index contributed by atoms with van der Waals surface area (Å²) in [6.45, 7) is 4.67. The minimum absolute atomic E-state index is 0.182. The molecule has 0 saturated carbocycles. The summed E-state index contributed by atoms with van der Waals surface area (Å²) in [5.41, 5.74) is 0. The molecule has 1 fully saturated rings. The van der Waals surface area contributed by atoms with Crippen molar-refractivity contribution < 1.29 is 52.5 Å². The second kappa shape index (κ2) is 34.7. The average molecular weight is 805 g/mol. The minimum Gasteiger partial charge on any atom is -0.462 e. The molecule has 1 saturated heterocycles. The summed E-state index contributed by atoms with van der Waals surface area (Å²) in [6.07, 6.45) is 32.0. The van der Waals surface area contributed by atoms with Crippen molar-refractivity contribution >= 4 is 19.8 Å². The Morgan fingerprint density at radius 1 is 0.691 bits per heavy atom. The van der Waals surface area contributed by atoms with Crippen molar-refractivity contribution in [1.82, 2.24) is 0 Å². The number of carbonyl (C=O) groups excluding carboxylic acids is 2. The quantitative estimate of drug-likeness (QED) is 0.0178. The summed E-state index contributed by atoms with van der Waals surface area (Å²) < 4.78 is 38.5. The zero-order valence-electron chi connectivity index (χ0n) is 35.0. The zero-order chi connectivity index (χ0) is 40.4. The first-order valence-corrected chi connectivity index (χ1v) is 23.6. The van der Waals surface area contributed by atoms with Crippen LogP contribution >= 0.6 is 7.82 Å². The van der Waals surface area contributed by atoms with E-state index in [1.165, 1.54) is 83.5 Å². The van der Waals surface area contributed by atoms with Gasteiger partial charge in [-0.15, -0.1) is 0 Å². The van der Waals surface area contributed by atoms with Crippen LogP contribution in [0.5, 0.6) is 0 Å². The SMILES string of the molecule is CCCCC/C=C\CC1OC1CCCCCCCC(=O)OC[C@H](COP(=O)(O)OC[C@@H](O)CO)OC(=O)CCCCCCCCCCCCCCCC(C)C. The lowest BCUT2D eigenvalue weighted by Crippen LogP contribution is -2.29. The number of aliphatic hydroxyl groups is 2. The minimum atomic E-state index is -4.62. The number of carbonyl (C=O) groups is 2. The van der Waals surface area contributed by atoms with Gasteiger partial charge in [-0.2, -0.15) is 0 Å². The van der Waals surface area contributed by atoms with Crippen LogP contribution in [0.25, 0.3) is 0 Å². The van der Waals surface area contributed by atoms with Crippen LogP contribution in [-0.4, -0.2) is 77.9 Å². The van der Waals surface area contributed by atoms with Crippen molar-refractivity contribution in [1.29, 1.82) is 0 Å². The van der Waals surface area contributed by atoms with Crippen molar-refractivity contribution in [3.63, 3.8) is 0 Å². The van der Waals surface area contributed by atoms with Crippen LogP contribution in [0, 0.1) is 5.92 Å². The molecule has 0 aromatic carbocycles. The second-order valence-corrected chi connectivity index (χ2v) is 17.4. The van der Waals surface area contributed by atoms with E-state index in [9.17, 15) is 24.2 Å². The van der Waals surface area contributed by atoms with E-state index in [0.717, 1.165) is 70.1 Å². The number of epoxide rings is 1. The maximum atomic E-state index is 12.6. The molecule has 55 heavy (non-hydrogen) atoms. The number of aliphatic hydroxyl groups excluding tert-OH is 2. The van der Waals surface area contributed by atoms with Gasteiger partial charge in [0.15, 0.2) is 6.10 Å². The van der Waals surface area contributed by atoms with Gasteiger partial charge in [0.1, 0.15) is 12.7 Å². The first-order valence-electron chi connectivity index (χ1n) is 22.1. The van der Waals surface area contributed by atoms with E-state index in [1.807, 2.05) is 0 Å². The number of unbranched alkanes of at least 4 members (excludes halogenated alkanes) is 19. The standard InChI is InChI=1S/C43H81O11P/c1-4-5-6-7-19-24-29-40-41(54-40)30-25-20-17-22-26-31-42(46)50-35-39(36-52-55(48,49)51-34-38(45)33-44)53-43(47)32-27-21-16-14-12-10-8-9-11-13-15-18-23-28-37(2)3/h19,24,37-41,44-45H,4-18,20-23,25-36H2,1-3H3,(H,48,49)/b24-19-/t38-,39+,40?,41?/m0/s1. The highest BCUT2D eigenvalue weighted by atomic mass is 31.2. The Balaban J connectivity index is 2.24. The maximum absolute atomic E-state index is 12.6. The van der Waals surface area contributed by atoms with Gasteiger partial charge in [0, 0.05) is 12.8 Å². The number of phosphoric acid groups is 1. The van der Waals surface area contributed by atoms with Crippen LogP contribution < -0.4 is 0 Å². The van der Waals surface area contributed by atoms with Gasteiger partial charge < -0.3 is 29.3 Å². The first kappa shape index (κ1) is 51.7. The lowest BCUT2D eigenvalue weighted by molar-refractivity contribution is -0.161. The third-order valence-electron chi connectivity index (χ3n) is 10.0. The monoisotopic (exact) mass is 805 g/mol. The van der Waals surface area contributed by atoms with E-state index in [4.69, 9.17) is 28.4 Å². The van der Waals surface area contributed by atoms with Gasteiger partial charge in [-0.25, -0.2) is 4.57 Å². The summed E-state index contributed by atoms with van der Waals surface area (Å²) in [5, 5.41) is 18.3. The molecule has 0 aromatic heterocycles. The van der Waals surface area contributed by atoms with Crippen molar-refractivity contribution in [2.24, 2.45) is 5.92 Å². The van der Waals surface area contributed by atoms with Crippen LogP contribution in [0.2, 0.25) is 0 Å². The Bertz CT molecular complexity index is 1010. The Morgan fingerprint density at radius 3 is 1.82 bits per heavy atom. The molecule has 1 aliphatic heterocycles. The van der Waals surface area contributed by atoms with Crippen LogP contribution in [0.4, 0.5) is 0 Å². The molecule has 1 rings (SSSR count). The van der Waals surface area contributed by atoms with E-state index < -0.39 is 51.8 Å². The molecule has 1 heterocycles. The molecule has 0 amide bonds. The Labute approximate surface area is 334 Å². The molecular formula is C43H81O11P. The summed E-state index contributed by atoms with van der Waals surface area (Å²) in [4.78, 5) is 35.0. The third-order valence-corrected chi connectivity index (χ3v) is 11.0. The van der Waals surface area contributed by atoms with Crippen molar-refractivity contribution in [2.75, 3.05) is 26.4 Å². The Kier molecular flexibility index (Phi) is 32.6. The molecule has 0 bridgehead atoms. The van der Waals surface area contributed by atoms with Crippen molar-refractivity contribution in [2.45, 2.75) is 219 Å². The summed E-state index contributed by atoms with van der Waals surface area (Å²) >= 11 is 0. The maximum Gasteiger partial charge on any atom is 0.472 e. The number of hydrogen-bond acceptors (Lipinski definition) is 10. The van der Waals surface area contributed by atoms with E-state index >= 15 is 0 Å². The van der Waals surface area contributed by atoms with Crippen LogP contribution in [0.15, 0.2) is 12.2 Å². The second-order valence-electron chi connectivity index (χ2n) is 15.9. The Hall–Kier alpha value is -1.33. The summed E-state index contributed by atoms with van der Waals surface area (Å²) in [7, 11) is -4.62. The third kappa shape index (κ3) is 33.4.